The normalized spacial score (nSPS) is 16.1. The van der Waals surface area contributed by atoms with Crippen LogP contribution >= 0.6 is 0 Å². The highest BCUT2D eigenvalue weighted by Gasteiger charge is 2.24. The highest BCUT2D eigenvalue weighted by atomic mass is 16.2. The van der Waals surface area contributed by atoms with Crippen molar-refractivity contribution in [3.05, 3.63) is 29.8 Å². The number of nitrogens with one attached hydrogen (secondary N) is 3. The lowest BCUT2D eigenvalue weighted by Gasteiger charge is -2.24. The van der Waals surface area contributed by atoms with Crippen LogP contribution in [0.25, 0.3) is 0 Å². The van der Waals surface area contributed by atoms with E-state index >= 15 is 0 Å². The summed E-state index contributed by atoms with van der Waals surface area (Å²) in [6.07, 6.45) is 1.87. The second kappa shape index (κ2) is 6.92. The van der Waals surface area contributed by atoms with Crippen LogP contribution in [-0.4, -0.2) is 30.9 Å². The van der Waals surface area contributed by atoms with E-state index in [1.54, 1.807) is 12.1 Å². The number of carbonyl (C=O) groups is 2. The summed E-state index contributed by atoms with van der Waals surface area (Å²) < 4.78 is 0. The number of amides is 2. The topological polar surface area (TPSA) is 70.2 Å². The first kappa shape index (κ1) is 16.5. The van der Waals surface area contributed by atoms with E-state index in [1.807, 2.05) is 32.9 Å². The van der Waals surface area contributed by atoms with Crippen LogP contribution < -0.4 is 16.0 Å². The van der Waals surface area contributed by atoms with E-state index in [1.165, 1.54) is 0 Å². The molecule has 0 atom stereocenters. The molecule has 0 spiro atoms. The van der Waals surface area contributed by atoms with Gasteiger partial charge in [0, 0.05) is 11.5 Å². The summed E-state index contributed by atoms with van der Waals surface area (Å²) in [7, 11) is 0. The van der Waals surface area contributed by atoms with Gasteiger partial charge in [-0.15, -0.1) is 0 Å². The third-order valence-corrected chi connectivity index (χ3v) is 3.78. The van der Waals surface area contributed by atoms with Crippen LogP contribution in [-0.2, 0) is 4.79 Å². The molecule has 1 heterocycles. The molecule has 0 saturated carbocycles. The van der Waals surface area contributed by atoms with Crippen molar-refractivity contribution in [2.45, 2.75) is 39.7 Å². The minimum absolute atomic E-state index is 0.102. The van der Waals surface area contributed by atoms with Gasteiger partial charge in [0.05, 0.1) is 11.3 Å². The van der Waals surface area contributed by atoms with Crippen LogP contribution in [0.2, 0.25) is 0 Å². The van der Waals surface area contributed by atoms with E-state index in [4.69, 9.17) is 0 Å². The summed E-state index contributed by atoms with van der Waals surface area (Å²) in [5.74, 6) is -0.230. The average Bonchev–Trinajstić information content (AvgIpc) is 2.47. The Kier molecular flexibility index (Phi) is 5.19. The minimum atomic E-state index is -0.501. The van der Waals surface area contributed by atoms with E-state index in [9.17, 15) is 9.59 Å². The SMILES string of the molecule is CC(C)(C)C(=O)Nc1ccccc1C(=O)NC1CCNCC1. The molecule has 120 valence electrons. The molecule has 22 heavy (non-hydrogen) atoms. The van der Waals surface area contributed by atoms with Crippen molar-refractivity contribution in [3.63, 3.8) is 0 Å². The van der Waals surface area contributed by atoms with E-state index < -0.39 is 5.41 Å². The molecule has 0 aliphatic carbocycles. The van der Waals surface area contributed by atoms with Gasteiger partial charge in [-0.1, -0.05) is 32.9 Å². The Hall–Kier alpha value is -1.88. The van der Waals surface area contributed by atoms with Crippen molar-refractivity contribution in [2.75, 3.05) is 18.4 Å². The molecule has 0 radical (unpaired) electrons. The van der Waals surface area contributed by atoms with Crippen molar-refractivity contribution in [1.29, 1.82) is 0 Å². The summed E-state index contributed by atoms with van der Waals surface area (Å²) in [5.41, 5.74) is 0.575. The Morgan fingerprint density at radius 1 is 1.14 bits per heavy atom. The second-order valence-electron chi connectivity index (χ2n) is 6.75. The molecule has 1 aliphatic rings. The smallest absolute Gasteiger partial charge is 0.253 e. The minimum Gasteiger partial charge on any atom is -0.349 e. The van der Waals surface area contributed by atoms with Gasteiger partial charge in [0.1, 0.15) is 0 Å². The van der Waals surface area contributed by atoms with Crippen LogP contribution in [0.1, 0.15) is 44.0 Å². The van der Waals surface area contributed by atoms with Crippen LogP contribution in [0.4, 0.5) is 5.69 Å². The number of hydrogen-bond acceptors (Lipinski definition) is 3. The monoisotopic (exact) mass is 303 g/mol. The van der Waals surface area contributed by atoms with Gasteiger partial charge in [0.2, 0.25) is 5.91 Å². The first-order valence-electron chi connectivity index (χ1n) is 7.80. The zero-order valence-electron chi connectivity index (χ0n) is 13.5. The molecule has 5 heteroatoms. The van der Waals surface area contributed by atoms with E-state index in [0.717, 1.165) is 25.9 Å². The third kappa shape index (κ3) is 4.31. The molecule has 1 aliphatic heterocycles. The Labute approximate surface area is 131 Å². The molecule has 0 unspecified atom stereocenters. The molecule has 3 N–H and O–H groups in total. The van der Waals surface area contributed by atoms with Crippen LogP contribution in [0, 0.1) is 5.41 Å². The second-order valence-corrected chi connectivity index (χ2v) is 6.75. The predicted molar refractivity (Wildman–Crippen MR) is 87.9 cm³/mol. The summed E-state index contributed by atoms with van der Waals surface area (Å²) in [4.78, 5) is 24.6. The van der Waals surface area contributed by atoms with Crippen molar-refractivity contribution < 1.29 is 9.59 Å². The maximum Gasteiger partial charge on any atom is 0.253 e. The van der Waals surface area contributed by atoms with Gasteiger partial charge in [-0.25, -0.2) is 0 Å². The van der Waals surface area contributed by atoms with Gasteiger partial charge in [0.15, 0.2) is 0 Å². The number of anilines is 1. The average molecular weight is 303 g/mol. The lowest BCUT2D eigenvalue weighted by molar-refractivity contribution is -0.123. The number of hydrogen-bond donors (Lipinski definition) is 3. The molecule has 1 fully saturated rings. The number of para-hydroxylation sites is 1. The zero-order valence-corrected chi connectivity index (χ0v) is 13.5. The summed E-state index contributed by atoms with van der Waals surface area (Å²) in [6, 6.07) is 7.33. The first-order valence-corrected chi connectivity index (χ1v) is 7.80. The molecule has 5 nitrogen and oxygen atoms in total. The number of benzene rings is 1. The van der Waals surface area contributed by atoms with E-state index in [-0.39, 0.29) is 17.9 Å². The molecule has 1 saturated heterocycles. The maximum absolute atomic E-state index is 12.5. The third-order valence-electron chi connectivity index (χ3n) is 3.78. The van der Waals surface area contributed by atoms with Crippen molar-refractivity contribution in [2.24, 2.45) is 5.41 Å². The van der Waals surface area contributed by atoms with Gasteiger partial charge >= 0.3 is 0 Å². The fourth-order valence-corrected chi connectivity index (χ4v) is 2.33. The highest BCUT2D eigenvalue weighted by Crippen LogP contribution is 2.20. The lowest BCUT2D eigenvalue weighted by atomic mass is 9.95. The van der Waals surface area contributed by atoms with E-state index in [2.05, 4.69) is 16.0 Å². The summed E-state index contributed by atoms with van der Waals surface area (Å²) in [5, 5.41) is 9.19. The number of rotatable bonds is 3. The lowest BCUT2D eigenvalue weighted by Crippen LogP contribution is -2.43. The van der Waals surface area contributed by atoms with Crippen LogP contribution in [0.5, 0.6) is 0 Å². The van der Waals surface area contributed by atoms with Crippen molar-refractivity contribution in [1.82, 2.24) is 10.6 Å². The van der Waals surface area contributed by atoms with Crippen LogP contribution in [0.3, 0.4) is 0 Å². The summed E-state index contributed by atoms with van der Waals surface area (Å²) in [6.45, 7) is 7.39. The predicted octanol–water partition coefficient (Wildman–Crippen LogP) is 2.15. The Balaban J connectivity index is 2.10. The molecule has 0 bridgehead atoms. The first-order chi connectivity index (χ1) is 10.4. The number of piperidine rings is 1. The fraction of sp³-hybridized carbons (Fsp3) is 0.529. The van der Waals surface area contributed by atoms with Gasteiger partial charge in [-0.05, 0) is 38.1 Å². The molecule has 2 rings (SSSR count). The molecular weight excluding hydrogens is 278 g/mol. The standard InChI is InChI=1S/C17H25N3O2/c1-17(2,3)16(22)20-14-7-5-4-6-13(14)15(21)19-12-8-10-18-11-9-12/h4-7,12,18H,8-11H2,1-3H3,(H,19,21)(H,20,22). The van der Waals surface area contributed by atoms with Gasteiger partial charge in [-0.2, -0.15) is 0 Å². The number of carbonyl (C=O) groups excluding carboxylic acids is 2. The van der Waals surface area contributed by atoms with Crippen molar-refractivity contribution in [3.8, 4) is 0 Å². The zero-order chi connectivity index (χ0) is 16.2. The van der Waals surface area contributed by atoms with Gasteiger partial charge in [0.25, 0.3) is 5.91 Å². The Morgan fingerprint density at radius 2 is 1.77 bits per heavy atom. The molecule has 1 aromatic rings. The van der Waals surface area contributed by atoms with E-state index in [0.29, 0.717) is 11.3 Å². The van der Waals surface area contributed by atoms with Gasteiger partial charge in [-0.3, -0.25) is 9.59 Å². The van der Waals surface area contributed by atoms with Gasteiger partial charge < -0.3 is 16.0 Å². The molecule has 1 aromatic carbocycles. The highest BCUT2D eigenvalue weighted by molar-refractivity contribution is 6.04. The van der Waals surface area contributed by atoms with Crippen LogP contribution in [0.15, 0.2) is 24.3 Å². The summed E-state index contributed by atoms with van der Waals surface area (Å²) >= 11 is 0. The van der Waals surface area contributed by atoms with Crippen molar-refractivity contribution >= 4 is 17.5 Å². The maximum atomic E-state index is 12.5. The largest absolute Gasteiger partial charge is 0.349 e. The quantitative estimate of drug-likeness (QED) is 0.801. The Morgan fingerprint density at radius 3 is 2.41 bits per heavy atom. The molecular formula is C17H25N3O2. The fourth-order valence-electron chi connectivity index (χ4n) is 2.33. The molecule has 0 aromatic heterocycles. The molecule has 2 amide bonds. The Bertz CT molecular complexity index is 543.